The molecule has 2 heterocycles. The monoisotopic (exact) mass is 299 g/mol. The summed E-state index contributed by atoms with van der Waals surface area (Å²) >= 11 is 4.91. The highest BCUT2D eigenvalue weighted by Gasteiger charge is 2.34. The number of hydrazine groups is 1. The van der Waals surface area contributed by atoms with Crippen molar-refractivity contribution in [3.05, 3.63) is 10.0 Å². The van der Waals surface area contributed by atoms with E-state index >= 15 is 0 Å². The van der Waals surface area contributed by atoms with Crippen molar-refractivity contribution < 1.29 is 4.79 Å². The number of hydrogen-bond donors (Lipinski definition) is 1. The normalized spacial score (nSPS) is 26.6. The zero-order chi connectivity index (χ0) is 9.42. The fourth-order valence-electron chi connectivity index (χ4n) is 1.50. The summed E-state index contributed by atoms with van der Waals surface area (Å²) in [6, 6.07) is 0. The maximum atomic E-state index is 11.4. The highest BCUT2D eigenvalue weighted by atomic mass is 79.9. The zero-order valence-electron chi connectivity index (χ0n) is 7.35. The summed E-state index contributed by atoms with van der Waals surface area (Å²) in [5.74, 6) is 5.92. The van der Waals surface area contributed by atoms with Gasteiger partial charge in [-0.05, 0) is 22.4 Å². The van der Waals surface area contributed by atoms with Crippen LogP contribution in [0, 0.1) is 0 Å². The summed E-state index contributed by atoms with van der Waals surface area (Å²) in [6.07, 6.45) is 3.39. The molecule has 0 aromatic rings. The molecule has 1 atom stereocenters. The minimum absolute atomic E-state index is 0. The number of halogens is 2. The largest absolute Gasteiger partial charge is 0.312 e. The van der Waals surface area contributed by atoms with Gasteiger partial charge in [0.1, 0.15) is 0 Å². The predicted octanol–water partition coefficient (Wildman–Crippen LogP) is 1.43. The van der Waals surface area contributed by atoms with E-state index in [0.717, 1.165) is 16.8 Å². The first-order valence-electron chi connectivity index (χ1n) is 4.05. The minimum atomic E-state index is -0.0515. The van der Waals surface area contributed by atoms with Gasteiger partial charge in [0.25, 0.3) is 0 Å². The van der Waals surface area contributed by atoms with Gasteiger partial charge in [0.2, 0.25) is 5.91 Å². The Morgan fingerprint density at radius 2 is 2.36 bits per heavy atom. The summed E-state index contributed by atoms with van der Waals surface area (Å²) in [7, 11) is 0. The van der Waals surface area contributed by atoms with Gasteiger partial charge in [-0.1, -0.05) is 11.8 Å². The molecular formula is C7H11BrClN3OS. The van der Waals surface area contributed by atoms with E-state index in [-0.39, 0.29) is 23.8 Å². The molecule has 0 aromatic carbocycles. The topological polar surface area (TPSA) is 49.6 Å². The number of nitrogens with two attached hydrogens (primary N) is 1. The predicted molar refractivity (Wildman–Crippen MR) is 62.6 cm³/mol. The van der Waals surface area contributed by atoms with E-state index in [2.05, 4.69) is 15.9 Å². The van der Waals surface area contributed by atoms with Gasteiger partial charge in [-0.15, -0.1) is 12.4 Å². The van der Waals surface area contributed by atoms with Gasteiger partial charge in [-0.3, -0.25) is 9.80 Å². The standard InChI is InChI=1S/C7H10BrN3OS.ClH/c8-5-4-11(9)7(13-5)10-3-1-2-6(10)12;/h4,7H,1-3,9H2;1H. The molecule has 14 heavy (non-hydrogen) atoms. The van der Waals surface area contributed by atoms with E-state index in [1.54, 1.807) is 23.0 Å². The van der Waals surface area contributed by atoms with Crippen LogP contribution in [-0.2, 0) is 4.79 Å². The zero-order valence-corrected chi connectivity index (χ0v) is 10.6. The summed E-state index contributed by atoms with van der Waals surface area (Å²) in [4.78, 5) is 13.2. The summed E-state index contributed by atoms with van der Waals surface area (Å²) in [5.41, 5.74) is -0.0515. The van der Waals surface area contributed by atoms with Crippen LogP contribution in [0.1, 0.15) is 12.8 Å². The Bertz CT molecular complexity index is 276. The van der Waals surface area contributed by atoms with Crippen LogP contribution in [0.4, 0.5) is 0 Å². The van der Waals surface area contributed by atoms with Crippen molar-refractivity contribution in [2.75, 3.05) is 6.54 Å². The molecular weight excluding hydrogens is 290 g/mol. The Morgan fingerprint density at radius 3 is 2.79 bits per heavy atom. The maximum absolute atomic E-state index is 11.4. The molecule has 80 valence electrons. The molecule has 2 aliphatic rings. The number of nitrogens with zero attached hydrogens (tertiary/aromatic N) is 2. The van der Waals surface area contributed by atoms with Gasteiger partial charge in [-0.25, -0.2) is 5.84 Å². The van der Waals surface area contributed by atoms with Gasteiger partial charge in [0, 0.05) is 19.2 Å². The van der Waals surface area contributed by atoms with E-state index in [1.165, 1.54) is 0 Å². The van der Waals surface area contributed by atoms with Gasteiger partial charge in [0.05, 0.1) is 3.81 Å². The van der Waals surface area contributed by atoms with Crippen molar-refractivity contribution >= 4 is 46.0 Å². The summed E-state index contributed by atoms with van der Waals surface area (Å²) < 4.78 is 0.972. The molecule has 0 spiro atoms. The number of rotatable bonds is 1. The second-order valence-electron chi connectivity index (χ2n) is 3.02. The molecule has 4 nitrogen and oxygen atoms in total. The van der Waals surface area contributed by atoms with Crippen LogP contribution in [0.3, 0.4) is 0 Å². The Kier molecular flexibility index (Phi) is 4.12. The Balaban J connectivity index is 0.000000980. The molecule has 0 aromatic heterocycles. The van der Waals surface area contributed by atoms with Crippen molar-refractivity contribution in [1.82, 2.24) is 9.91 Å². The van der Waals surface area contributed by atoms with Crippen LogP contribution >= 0.6 is 40.1 Å². The first-order valence-corrected chi connectivity index (χ1v) is 5.72. The lowest BCUT2D eigenvalue weighted by Crippen LogP contribution is -2.45. The van der Waals surface area contributed by atoms with E-state index in [1.807, 2.05) is 4.90 Å². The minimum Gasteiger partial charge on any atom is -0.312 e. The van der Waals surface area contributed by atoms with Crippen molar-refractivity contribution in [1.29, 1.82) is 0 Å². The number of hydrogen-bond acceptors (Lipinski definition) is 4. The number of likely N-dealkylation sites (tertiary alicyclic amines) is 1. The third kappa shape index (κ3) is 2.18. The Hall–Kier alpha value is 0.0900. The molecule has 2 aliphatic heterocycles. The van der Waals surface area contributed by atoms with Crippen LogP contribution in [0.15, 0.2) is 10.0 Å². The molecule has 0 aliphatic carbocycles. The third-order valence-electron chi connectivity index (χ3n) is 2.10. The molecule has 0 bridgehead atoms. The quantitative estimate of drug-likeness (QED) is 0.744. The van der Waals surface area contributed by atoms with Crippen molar-refractivity contribution in [3.63, 3.8) is 0 Å². The van der Waals surface area contributed by atoms with E-state index in [4.69, 9.17) is 5.84 Å². The Morgan fingerprint density at radius 1 is 1.64 bits per heavy atom. The molecule has 1 amide bonds. The van der Waals surface area contributed by atoms with Crippen LogP contribution < -0.4 is 5.84 Å². The van der Waals surface area contributed by atoms with Gasteiger partial charge >= 0.3 is 0 Å². The van der Waals surface area contributed by atoms with Crippen molar-refractivity contribution in [3.8, 4) is 0 Å². The highest BCUT2D eigenvalue weighted by molar-refractivity contribution is 9.14. The fraction of sp³-hybridized carbons (Fsp3) is 0.571. The van der Waals surface area contributed by atoms with Crippen molar-refractivity contribution in [2.24, 2.45) is 5.84 Å². The third-order valence-corrected chi connectivity index (χ3v) is 3.91. The lowest BCUT2D eigenvalue weighted by atomic mass is 10.4. The average molecular weight is 301 g/mol. The second kappa shape index (κ2) is 4.74. The van der Waals surface area contributed by atoms with Crippen LogP contribution in [0.25, 0.3) is 0 Å². The highest BCUT2D eigenvalue weighted by Crippen LogP contribution is 2.37. The van der Waals surface area contributed by atoms with Crippen LogP contribution in [0.2, 0.25) is 0 Å². The van der Waals surface area contributed by atoms with E-state index < -0.39 is 0 Å². The molecule has 1 saturated heterocycles. The number of thioether (sulfide) groups is 1. The molecule has 2 rings (SSSR count). The molecule has 1 fully saturated rings. The average Bonchev–Trinajstić information content (AvgIpc) is 2.58. The smallest absolute Gasteiger partial charge is 0.224 e. The van der Waals surface area contributed by atoms with Crippen LogP contribution in [0.5, 0.6) is 0 Å². The molecule has 0 saturated carbocycles. The lowest BCUT2D eigenvalue weighted by molar-refractivity contribution is -0.130. The molecule has 2 N–H and O–H groups in total. The summed E-state index contributed by atoms with van der Waals surface area (Å²) in [5, 5.41) is 1.57. The van der Waals surface area contributed by atoms with E-state index in [9.17, 15) is 4.79 Å². The summed E-state index contributed by atoms with van der Waals surface area (Å²) in [6.45, 7) is 0.818. The SMILES string of the molecule is Cl.NN1C=C(Br)SC1N1CCCC1=O. The van der Waals surface area contributed by atoms with Gasteiger partial charge in [0.15, 0.2) is 5.50 Å². The van der Waals surface area contributed by atoms with Gasteiger partial charge in [-0.2, -0.15) is 0 Å². The number of amides is 1. The van der Waals surface area contributed by atoms with Crippen LogP contribution in [-0.4, -0.2) is 27.9 Å². The van der Waals surface area contributed by atoms with Gasteiger partial charge < -0.3 is 4.90 Å². The Labute approximate surface area is 101 Å². The first-order chi connectivity index (χ1) is 6.18. The fourth-order valence-corrected chi connectivity index (χ4v) is 3.15. The molecule has 1 unspecified atom stereocenters. The van der Waals surface area contributed by atoms with E-state index in [0.29, 0.717) is 6.42 Å². The number of carbonyl (C=O) groups is 1. The lowest BCUT2D eigenvalue weighted by Gasteiger charge is -2.28. The maximum Gasteiger partial charge on any atom is 0.224 e. The number of carbonyl (C=O) groups excluding carboxylic acids is 1. The van der Waals surface area contributed by atoms with Crippen molar-refractivity contribution in [2.45, 2.75) is 18.3 Å². The molecule has 0 radical (unpaired) electrons. The first kappa shape index (κ1) is 12.2. The second-order valence-corrected chi connectivity index (χ2v) is 5.49. The molecule has 7 heteroatoms.